The van der Waals surface area contributed by atoms with E-state index >= 15 is 0 Å². The average molecular weight is 311 g/mol. The molecule has 0 aliphatic carbocycles. The molecule has 5 nitrogen and oxygen atoms in total. The fourth-order valence-electron chi connectivity index (χ4n) is 2.79. The molecule has 21 heavy (non-hydrogen) atoms. The van der Waals surface area contributed by atoms with Crippen LogP contribution in [0.15, 0.2) is 29.2 Å². The van der Waals surface area contributed by atoms with E-state index in [4.69, 9.17) is 0 Å². The normalized spacial score (nSPS) is 17.1. The molecule has 2 N–H and O–H groups in total. The second-order valence-electron chi connectivity index (χ2n) is 5.48. The third-order valence-electron chi connectivity index (χ3n) is 3.95. The Balaban J connectivity index is 2.00. The summed E-state index contributed by atoms with van der Waals surface area (Å²) in [5.41, 5.74) is 1.10. The van der Waals surface area contributed by atoms with Crippen molar-refractivity contribution in [1.29, 1.82) is 0 Å². The van der Waals surface area contributed by atoms with Crippen LogP contribution in [0.3, 0.4) is 0 Å². The van der Waals surface area contributed by atoms with Crippen LogP contribution in [-0.2, 0) is 10.0 Å². The third kappa shape index (κ3) is 4.18. The minimum absolute atomic E-state index is 0.332. The number of hydrogen-bond donors (Lipinski definition) is 2. The van der Waals surface area contributed by atoms with Gasteiger partial charge in [0.1, 0.15) is 0 Å². The first-order chi connectivity index (χ1) is 10.1. The van der Waals surface area contributed by atoms with Crippen LogP contribution in [-0.4, -0.2) is 41.6 Å². The molecule has 0 bridgehead atoms. The summed E-state index contributed by atoms with van der Waals surface area (Å²) in [5.74, 6) is 0.750. The topological polar surface area (TPSA) is 61.4 Å². The van der Waals surface area contributed by atoms with Gasteiger partial charge in [-0.3, -0.25) is 0 Å². The molecule has 0 spiro atoms. The molecule has 1 saturated heterocycles. The highest BCUT2D eigenvalue weighted by Gasteiger charge is 2.19. The summed E-state index contributed by atoms with van der Waals surface area (Å²) in [6.07, 6.45) is 2.36. The van der Waals surface area contributed by atoms with Crippen molar-refractivity contribution < 1.29 is 8.42 Å². The lowest BCUT2D eigenvalue weighted by Gasteiger charge is -2.33. The van der Waals surface area contributed by atoms with E-state index in [2.05, 4.69) is 14.9 Å². The summed E-state index contributed by atoms with van der Waals surface area (Å²) in [6, 6.07) is 7.19. The van der Waals surface area contributed by atoms with Crippen LogP contribution >= 0.6 is 0 Å². The molecule has 0 radical (unpaired) electrons. The van der Waals surface area contributed by atoms with E-state index in [1.165, 1.54) is 12.8 Å². The average Bonchev–Trinajstić information content (AvgIpc) is 2.48. The Morgan fingerprint density at radius 2 is 1.81 bits per heavy atom. The van der Waals surface area contributed by atoms with E-state index in [1.54, 1.807) is 19.1 Å². The van der Waals surface area contributed by atoms with Crippen molar-refractivity contribution in [1.82, 2.24) is 10.0 Å². The molecule has 0 atom stereocenters. The van der Waals surface area contributed by atoms with Gasteiger partial charge < -0.3 is 10.2 Å². The van der Waals surface area contributed by atoms with Crippen LogP contribution in [0.5, 0.6) is 0 Å². The van der Waals surface area contributed by atoms with Crippen LogP contribution in [0, 0.1) is 5.92 Å². The Labute approximate surface area is 127 Å². The highest BCUT2D eigenvalue weighted by Crippen LogP contribution is 2.24. The van der Waals surface area contributed by atoms with Crippen molar-refractivity contribution in [2.75, 3.05) is 38.1 Å². The van der Waals surface area contributed by atoms with Crippen LogP contribution in [0.2, 0.25) is 0 Å². The molecular formula is C15H25N3O2S. The Bertz CT molecular complexity index is 535. The maximum Gasteiger partial charge on any atom is 0.240 e. The van der Waals surface area contributed by atoms with Crippen molar-refractivity contribution in [3.63, 3.8) is 0 Å². The molecule has 1 aromatic rings. The molecule has 6 heteroatoms. The Morgan fingerprint density at radius 3 is 2.33 bits per heavy atom. The van der Waals surface area contributed by atoms with E-state index in [-0.39, 0.29) is 0 Å². The molecular weight excluding hydrogens is 286 g/mol. The summed E-state index contributed by atoms with van der Waals surface area (Å²) < 4.78 is 26.3. The summed E-state index contributed by atoms with van der Waals surface area (Å²) in [7, 11) is -1.35. The summed E-state index contributed by atoms with van der Waals surface area (Å²) in [4.78, 5) is 2.66. The van der Waals surface area contributed by atoms with E-state index in [9.17, 15) is 8.42 Å². The first kappa shape index (κ1) is 16.3. The van der Waals surface area contributed by atoms with Gasteiger partial charge in [0.25, 0.3) is 0 Å². The number of nitrogens with zero attached hydrogens (tertiary/aromatic N) is 1. The number of rotatable bonds is 6. The first-order valence-electron chi connectivity index (χ1n) is 7.56. The predicted octanol–water partition coefficient (Wildman–Crippen LogP) is 1.42. The highest BCUT2D eigenvalue weighted by molar-refractivity contribution is 7.89. The summed E-state index contributed by atoms with van der Waals surface area (Å²) >= 11 is 0. The van der Waals surface area contributed by atoms with Gasteiger partial charge in [0, 0.05) is 25.3 Å². The van der Waals surface area contributed by atoms with Crippen molar-refractivity contribution in [2.24, 2.45) is 5.92 Å². The van der Waals surface area contributed by atoms with Gasteiger partial charge in [-0.05, 0) is 56.6 Å². The van der Waals surface area contributed by atoms with Gasteiger partial charge in [0.05, 0.1) is 4.90 Å². The van der Waals surface area contributed by atoms with Gasteiger partial charge in [-0.25, -0.2) is 13.1 Å². The van der Waals surface area contributed by atoms with E-state index < -0.39 is 10.0 Å². The molecule has 1 aromatic carbocycles. The van der Waals surface area contributed by atoms with Crippen molar-refractivity contribution in [3.8, 4) is 0 Å². The van der Waals surface area contributed by atoms with Crippen LogP contribution in [0.25, 0.3) is 0 Å². The Hall–Kier alpha value is -1.11. The third-order valence-corrected chi connectivity index (χ3v) is 5.52. The Morgan fingerprint density at radius 1 is 1.19 bits per heavy atom. The van der Waals surface area contributed by atoms with Crippen LogP contribution in [0.1, 0.15) is 19.8 Å². The summed E-state index contributed by atoms with van der Waals surface area (Å²) in [6.45, 7) is 5.33. The maximum absolute atomic E-state index is 11.9. The predicted molar refractivity (Wildman–Crippen MR) is 86.2 cm³/mol. The standard InChI is InChI=1S/C15H25N3O2S/c1-3-17-21(19,20)15-6-4-14(5-7-15)18-10-8-13(9-11-18)12-16-2/h4-7,13,16-17H,3,8-12H2,1-2H3. The summed E-state index contributed by atoms with van der Waals surface area (Å²) in [5, 5.41) is 3.24. The number of nitrogens with one attached hydrogen (secondary N) is 2. The Kier molecular flexibility index (Phi) is 5.61. The zero-order valence-corrected chi connectivity index (χ0v) is 13.6. The van der Waals surface area contributed by atoms with Crippen molar-refractivity contribution in [2.45, 2.75) is 24.7 Å². The first-order valence-corrected chi connectivity index (χ1v) is 9.04. The van der Waals surface area contributed by atoms with Crippen molar-refractivity contribution >= 4 is 15.7 Å². The van der Waals surface area contributed by atoms with E-state index in [1.807, 2.05) is 19.2 Å². The molecule has 0 aromatic heterocycles. The van der Waals surface area contributed by atoms with E-state index in [0.717, 1.165) is 31.2 Å². The second kappa shape index (κ2) is 7.24. The van der Waals surface area contributed by atoms with Gasteiger partial charge in [-0.1, -0.05) is 6.92 Å². The molecule has 1 fully saturated rings. The lowest BCUT2D eigenvalue weighted by Crippen LogP contribution is -2.36. The molecule has 1 aliphatic heterocycles. The minimum Gasteiger partial charge on any atom is -0.372 e. The monoisotopic (exact) mass is 311 g/mol. The fourth-order valence-corrected chi connectivity index (χ4v) is 3.83. The zero-order chi connectivity index (χ0) is 15.3. The minimum atomic E-state index is -3.35. The SMILES string of the molecule is CCNS(=O)(=O)c1ccc(N2CCC(CNC)CC2)cc1. The van der Waals surface area contributed by atoms with Gasteiger partial charge in [0.15, 0.2) is 0 Å². The number of anilines is 1. The van der Waals surface area contributed by atoms with Crippen LogP contribution < -0.4 is 14.9 Å². The lowest BCUT2D eigenvalue weighted by atomic mass is 9.96. The molecule has 1 heterocycles. The van der Waals surface area contributed by atoms with E-state index in [0.29, 0.717) is 11.4 Å². The highest BCUT2D eigenvalue weighted by atomic mass is 32.2. The molecule has 118 valence electrons. The lowest BCUT2D eigenvalue weighted by molar-refractivity contribution is 0.393. The molecule has 1 aliphatic rings. The molecule has 2 rings (SSSR count). The zero-order valence-electron chi connectivity index (χ0n) is 12.8. The quantitative estimate of drug-likeness (QED) is 0.834. The number of benzene rings is 1. The van der Waals surface area contributed by atoms with Gasteiger partial charge in [-0.2, -0.15) is 0 Å². The smallest absolute Gasteiger partial charge is 0.240 e. The van der Waals surface area contributed by atoms with Crippen LogP contribution in [0.4, 0.5) is 5.69 Å². The van der Waals surface area contributed by atoms with Gasteiger partial charge in [0.2, 0.25) is 10.0 Å². The number of piperidine rings is 1. The maximum atomic E-state index is 11.9. The van der Waals surface area contributed by atoms with Gasteiger partial charge in [-0.15, -0.1) is 0 Å². The molecule has 0 unspecified atom stereocenters. The second-order valence-corrected chi connectivity index (χ2v) is 7.25. The molecule has 0 saturated carbocycles. The van der Waals surface area contributed by atoms with Crippen molar-refractivity contribution in [3.05, 3.63) is 24.3 Å². The largest absolute Gasteiger partial charge is 0.372 e. The molecule has 0 amide bonds. The number of sulfonamides is 1. The number of hydrogen-bond acceptors (Lipinski definition) is 4. The van der Waals surface area contributed by atoms with Gasteiger partial charge >= 0.3 is 0 Å². The fraction of sp³-hybridized carbons (Fsp3) is 0.600.